The Hall–Kier alpha value is -4.32. The van der Waals surface area contributed by atoms with Gasteiger partial charge in [-0.15, -0.1) is 0 Å². The van der Waals surface area contributed by atoms with Gasteiger partial charge in [-0.25, -0.2) is 4.79 Å². The molecule has 0 aliphatic heterocycles. The second-order valence-electron chi connectivity index (χ2n) is 10.3. The molecule has 3 rings (SSSR count). The van der Waals surface area contributed by atoms with Crippen molar-refractivity contribution in [3.8, 4) is 0 Å². The molecule has 0 aromatic carbocycles. The van der Waals surface area contributed by atoms with Gasteiger partial charge in [-0.3, -0.25) is 19.7 Å². The van der Waals surface area contributed by atoms with Gasteiger partial charge in [0.1, 0.15) is 17.0 Å². The van der Waals surface area contributed by atoms with Crippen molar-refractivity contribution in [3.63, 3.8) is 0 Å². The highest BCUT2D eigenvalue weighted by atomic mass is 16.6. The van der Waals surface area contributed by atoms with Gasteiger partial charge in [-0.05, 0) is 51.0 Å². The summed E-state index contributed by atoms with van der Waals surface area (Å²) in [5.74, 6) is -0.889. The molecule has 0 aliphatic carbocycles. The number of nitrogens with one attached hydrogen (secondary N) is 3. The minimum absolute atomic E-state index is 0.0174. The van der Waals surface area contributed by atoms with Crippen molar-refractivity contribution < 1.29 is 29.0 Å². The normalized spacial score (nSPS) is 11.3. The fraction of sp³-hybridized carbons (Fsp3) is 0.407. The molecule has 3 aromatic heterocycles. The second kappa shape index (κ2) is 12.0. The standard InChI is InChI=1S/C27H36N6O6/c1-27(2,3)39-26(38)30-19-12-20(32(5)16-19)23(35)11-17-10-21(31(4)14-17)25(37)29-18-13-22(33(6)15-18)24(36)28-8-7-9-34/h10,12-16,34H,7-9,11H2,1-6H3,(H,28,36)(H,29,37)(H,30,38). The van der Waals surface area contributed by atoms with Crippen LogP contribution < -0.4 is 16.0 Å². The number of rotatable bonds is 10. The Kier molecular flexibility index (Phi) is 9.02. The van der Waals surface area contributed by atoms with Gasteiger partial charge in [0, 0.05) is 59.3 Å². The van der Waals surface area contributed by atoms with E-state index in [-0.39, 0.29) is 24.7 Å². The first-order valence-electron chi connectivity index (χ1n) is 12.5. The fourth-order valence-corrected chi connectivity index (χ4v) is 3.99. The van der Waals surface area contributed by atoms with Crippen LogP contribution in [-0.4, -0.2) is 61.3 Å². The predicted molar refractivity (Wildman–Crippen MR) is 146 cm³/mol. The van der Waals surface area contributed by atoms with E-state index in [2.05, 4.69) is 16.0 Å². The number of carbonyl (C=O) groups excluding carboxylic acids is 4. The SMILES string of the molecule is Cn1cc(NC(=O)OC(C)(C)C)cc1C(=O)Cc1cc(C(=O)Nc2cc(C(=O)NCCCO)n(C)c2)n(C)c1. The zero-order valence-electron chi connectivity index (χ0n) is 23.1. The van der Waals surface area contributed by atoms with Crippen LogP contribution >= 0.6 is 0 Å². The van der Waals surface area contributed by atoms with Crippen molar-refractivity contribution in [1.82, 2.24) is 19.0 Å². The Balaban J connectivity index is 1.65. The molecule has 0 radical (unpaired) electrons. The van der Waals surface area contributed by atoms with E-state index in [0.29, 0.717) is 47.0 Å². The maximum absolute atomic E-state index is 13.0. The van der Waals surface area contributed by atoms with Gasteiger partial charge < -0.3 is 34.2 Å². The predicted octanol–water partition coefficient (Wildman–Crippen LogP) is 2.84. The summed E-state index contributed by atoms with van der Waals surface area (Å²) >= 11 is 0. The first-order valence-corrected chi connectivity index (χ1v) is 12.5. The lowest BCUT2D eigenvalue weighted by Crippen LogP contribution is -2.27. The third-order valence-corrected chi connectivity index (χ3v) is 5.71. The molecule has 39 heavy (non-hydrogen) atoms. The van der Waals surface area contributed by atoms with Gasteiger partial charge in [0.2, 0.25) is 0 Å². The number of carbonyl (C=O) groups is 4. The number of hydrogen-bond donors (Lipinski definition) is 4. The minimum atomic E-state index is -0.646. The zero-order chi connectivity index (χ0) is 28.9. The van der Waals surface area contributed by atoms with Crippen LogP contribution in [0.4, 0.5) is 16.2 Å². The summed E-state index contributed by atoms with van der Waals surface area (Å²) in [6.45, 7) is 5.62. The third-order valence-electron chi connectivity index (χ3n) is 5.71. The average molecular weight is 541 g/mol. The lowest BCUT2D eigenvalue weighted by Gasteiger charge is -2.19. The number of ether oxygens (including phenoxy) is 1. The topological polar surface area (TPSA) is 149 Å². The lowest BCUT2D eigenvalue weighted by molar-refractivity contribution is 0.0635. The Morgan fingerprint density at radius 3 is 2.03 bits per heavy atom. The van der Waals surface area contributed by atoms with Crippen LogP contribution in [-0.2, 0) is 32.3 Å². The molecule has 0 saturated carbocycles. The van der Waals surface area contributed by atoms with Gasteiger partial charge in [-0.1, -0.05) is 0 Å². The van der Waals surface area contributed by atoms with E-state index in [0.717, 1.165) is 0 Å². The summed E-state index contributed by atoms with van der Waals surface area (Å²) in [7, 11) is 5.11. The molecule has 0 saturated heterocycles. The zero-order valence-corrected chi connectivity index (χ0v) is 23.1. The van der Waals surface area contributed by atoms with E-state index < -0.39 is 17.6 Å². The first-order chi connectivity index (χ1) is 18.3. The van der Waals surface area contributed by atoms with Gasteiger partial charge in [-0.2, -0.15) is 0 Å². The maximum Gasteiger partial charge on any atom is 0.412 e. The highest BCUT2D eigenvalue weighted by molar-refractivity contribution is 6.05. The van der Waals surface area contributed by atoms with E-state index >= 15 is 0 Å². The molecule has 12 nitrogen and oxygen atoms in total. The molecule has 0 fully saturated rings. The molecule has 12 heteroatoms. The molecular formula is C27H36N6O6. The fourth-order valence-electron chi connectivity index (χ4n) is 3.99. The molecule has 0 aliphatic rings. The number of hydrogen-bond acceptors (Lipinski definition) is 6. The smallest absolute Gasteiger partial charge is 0.412 e. The number of aliphatic hydroxyl groups is 1. The molecule has 3 heterocycles. The van der Waals surface area contributed by atoms with E-state index in [4.69, 9.17) is 9.84 Å². The van der Waals surface area contributed by atoms with Crippen molar-refractivity contribution in [2.45, 2.75) is 39.2 Å². The van der Waals surface area contributed by atoms with Crippen LogP contribution in [0.3, 0.4) is 0 Å². The average Bonchev–Trinajstić information content (AvgIpc) is 3.48. The first kappa shape index (κ1) is 29.2. The number of anilines is 2. The summed E-state index contributed by atoms with van der Waals surface area (Å²) < 4.78 is 10.1. The van der Waals surface area contributed by atoms with Gasteiger partial charge in [0.15, 0.2) is 5.78 Å². The monoisotopic (exact) mass is 540 g/mol. The summed E-state index contributed by atoms with van der Waals surface area (Å²) in [4.78, 5) is 50.3. The van der Waals surface area contributed by atoms with E-state index in [1.165, 1.54) is 0 Å². The molecule has 0 spiro atoms. The van der Waals surface area contributed by atoms with Gasteiger partial charge >= 0.3 is 6.09 Å². The van der Waals surface area contributed by atoms with Crippen LogP contribution in [0.2, 0.25) is 0 Å². The Labute approximate surface area is 226 Å². The number of amides is 3. The van der Waals surface area contributed by atoms with Crippen molar-refractivity contribution >= 4 is 35.1 Å². The summed E-state index contributed by atoms with van der Waals surface area (Å²) in [5, 5.41) is 17.0. The Bertz CT molecular complexity index is 1370. The van der Waals surface area contributed by atoms with Crippen LogP contribution in [0.5, 0.6) is 0 Å². The highest BCUT2D eigenvalue weighted by Gasteiger charge is 2.20. The van der Waals surface area contributed by atoms with E-state index in [1.807, 2.05) is 0 Å². The molecule has 3 aromatic rings. The van der Waals surface area contributed by atoms with Crippen molar-refractivity contribution in [2.24, 2.45) is 21.1 Å². The molecular weight excluding hydrogens is 504 g/mol. The van der Waals surface area contributed by atoms with Gasteiger partial charge in [0.05, 0.1) is 17.1 Å². The third kappa shape index (κ3) is 7.84. The number of aromatic nitrogens is 3. The minimum Gasteiger partial charge on any atom is -0.444 e. The van der Waals surface area contributed by atoms with Gasteiger partial charge in [0.25, 0.3) is 11.8 Å². The van der Waals surface area contributed by atoms with Crippen molar-refractivity contribution in [1.29, 1.82) is 0 Å². The second-order valence-corrected chi connectivity index (χ2v) is 10.3. The largest absolute Gasteiger partial charge is 0.444 e. The number of aryl methyl sites for hydroxylation is 3. The Morgan fingerprint density at radius 2 is 1.38 bits per heavy atom. The maximum atomic E-state index is 13.0. The molecule has 0 atom stereocenters. The van der Waals surface area contributed by atoms with Crippen LogP contribution in [0.15, 0.2) is 36.8 Å². The van der Waals surface area contributed by atoms with Crippen LogP contribution in [0, 0.1) is 0 Å². The number of aliphatic hydroxyl groups excluding tert-OH is 1. The number of ketones is 1. The molecule has 210 valence electrons. The molecule has 4 N–H and O–H groups in total. The number of Topliss-reactive ketones (excluding diaryl/α,β-unsaturated/α-hetero) is 1. The molecule has 0 bridgehead atoms. The molecule has 3 amide bonds. The lowest BCUT2D eigenvalue weighted by atomic mass is 10.1. The van der Waals surface area contributed by atoms with Crippen molar-refractivity contribution in [3.05, 3.63) is 59.4 Å². The summed E-state index contributed by atoms with van der Waals surface area (Å²) in [5.41, 5.74) is 1.99. The quantitative estimate of drug-likeness (QED) is 0.230. The summed E-state index contributed by atoms with van der Waals surface area (Å²) in [6, 6.07) is 4.79. The summed E-state index contributed by atoms with van der Waals surface area (Å²) in [6.07, 6.45) is 4.85. The molecule has 0 unspecified atom stereocenters. The number of nitrogens with zero attached hydrogens (tertiary/aromatic N) is 3. The van der Waals surface area contributed by atoms with Crippen LogP contribution in [0.25, 0.3) is 0 Å². The Morgan fingerprint density at radius 1 is 0.821 bits per heavy atom. The van der Waals surface area contributed by atoms with E-state index in [1.54, 1.807) is 92.4 Å². The van der Waals surface area contributed by atoms with Crippen LogP contribution in [0.1, 0.15) is 64.2 Å². The van der Waals surface area contributed by atoms with Crippen molar-refractivity contribution in [2.75, 3.05) is 23.8 Å². The van der Waals surface area contributed by atoms with E-state index in [9.17, 15) is 19.2 Å². The highest BCUT2D eigenvalue weighted by Crippen LogP contribution is 2.19.